The van der Waals surface area contributed by atoms with Crippen LogP contribution in [0.5, 0.6) is 5.75 Å². The van der Waals surface area contributed by atoms with Gasteiger partial charge < -0.3 is 4.52 Å². The first kappa shape index (κ1) is 20.1. The summed E-state index contributed by atoms with van der Waals surface area (Å²) in [5, 5.41) is 1.49. The van der Waals surface area contributed by atoms with E-state index in [1.54, 1.807) is 22.3 Å². The smallest absolute Gasteiger partial charge is 0.131 e. The molecule has 0 bridgehead atoms. The molecule has 2 saturated carbocycles. The second kappa shape index (κ2) is 6.63. The highest BCUT2D eigenvalue weighted by atomic mass is 31.1. The van der Waals surface area contributed by atoms with Crippen LogP contribution in [0.15, 0.2) is 24.3 Å². The molecule has 7 rings (SSSR count). The molecule has 2 aromatic carbocycles. The van der Waals surface area contributed by atoms with E-state index in [-0.39, 0.29) is 0 Å². The molecule has 1 spiro atoms. The molecule has 2 fully saturated rings. The third-order valence-corrected chi connectivity index (χ3v) is 11.9. The summed E-state index contributed by atoms with van der Waals surface area (Å²) >= 11 is 0. The fourth-order valence-corrected chi connectivity index (χ4v) is 9.94. The van der Waals surface area contributed by atoms with E-state index in [1.807, 2.05) is 0 Å². The summed E-state index contributed by atoms with van der Waals surface area (Å²) in [4.78, 5) is 0. The highest BCUT2D eigenvalue weighted by molar-refractivity contribution is 7.61. The summed E-state index contributed by atoms with van der Waals surface area (Å²) in [5.74, 6) is 3.55. The molecule has 4 aliphatic carbocycles. The Hall–Kier alpha value is -1.33. The third-order valence-electron chi connectivity index (χ3n) is 10.4. The molecule has 32 heavy (non-hydrogen) atoms. The SMILES string of the molecule is CC1Cc2cc3c(cc2C2(CCCCC2)C1)-c1cc2c(cc1OP3C)C1C(C)C1(C)CC2. The lowest BCUT2D eigenvalue weighted by Crippen LogP contribution is -2.37. The van der Waals surface area contributed by atoms with E-state index in [2.05, 4.69) is 51.7 Å². The number of hydrogen-bond donors (Lipinski definition) is 0. The molecule has 5 unspecified atom stereocenters. The number of aryl methyl sites for hydroxylation is 1. The zero-order chi connectivity index (χ0) is 21.8. The average Bonchev–Trinajstić information content (AvgIpc) is 3.34. The molecular weight excluding hydrogens is 407 g/mol. The minimum absolute atomic E-state index is 0.439. The van der Waals surface area contributed by atoms with Crippen LogP contribution in [0.4, 0.5) is 0 Å². The molecule has 0 saturated heterocycles. The predicted molar refractivity (Wildman–Crippen MR) is 136 cm³/mol. The van der Waals surface area contributed by atoms with Crippen molar-refractivity contribution in [3.63, 3.8) is 0 Å². The fourth-order valence-electron chi connectivity index (χ4n) is 8.53. The van der Waals surface area contributed by atoms with E-state index < -0.39 is 8.15 Å². The van der Waals surface area contributed by atoms with Crippen LogP contribution in [0.2, 0.25) is 0 Å². The van der Waals surface area contributed by atoms with Gasteiger partial charge in [0.15, 0.2) is 0 Å². The number of rotatable bonds is 0. The Morgan fingerprint density at radius 2 is 1.75 bits per heavy atom. The monoisotopic (exact) mass is 444 g/mol. The van der Waals surface area contributed by atoms with Crippen LogP contribution in [-0.2, 0) is 18.3 Å². The highest BCUT2D eigenvalue weighted by Crippen LogP contribution is 2.70. The van der Waals surface area contributed by atoms with Gasteiger partial charge in [0.25, 0.3) is 0 Å². The van der Waals surface area contributed by atoms with Gasteiger partial charge in [0.2, 0.25) is 0 Å². The molecule has 1 aliphatic heterocycles. The molecule has 2 aromatic rings. The largest absolute Gasteiger partial charge is 0.469 e. The number of fused-ring (bicyclic) bond motifs is 8. The van der Waals surface area contributed by atoms with Crippen LogP contribution in [-0.4, -0.2) is 6.66 Å². The lowest BCUT2D eigenvalue weighted by Gasteiger charge is -2.45. The Bertz CT molecular complexity index is 1130. The summed E-state index contributed by atoms with van der Waals surface area (Å²) in [6, 6.07) is 10.3. The van der Waals surface area contributed by atoms with Crippen molar-refractivity contribution in [2.24, 2.45) is 17.3 Å². The normalized spacial score (nSPS) is 35.6. The van der Waals surface area contributed by atoms with Crippen LogP contribution in [0.3, 0.4) is 0 Å². The molecule has 5 atom stereocenters. The van der Waals surface area contributed by atoms with Gasteiger partial charge in [0.1, 0.15) is 13.9 Å². The summed E-state index contributed by atoms with van der Waals surface area (Å²) in [5.41, 5.74) is 10.4. The molecule has 1 nitrogen and oxygen atoms in total. The summed E-state index contributed by atoms with van der Waals surface area (Å²) in [6.07, 6.45) is 12.3. The van der Waals surface area contributed by atoms with Crippen LogP contribution >= 0.6 is 8.15 Å². The molecule has 0 radical (unpaired) electrons. The topological polar surface area (TPSA) is 9.23 Å². The van der Waals surface area contributed by atoms with Crippen molar-refractivity contribution >= 4 is 13.5 Å². The van der Waals surface area contributed by atoms with Crippen molar-refractivity contribution in [1.29, 1.82) is 0 Å². The van der Waals surface area contributed by atoms with E-state index in [1.165, 1.54) is 80.0 Å². The van der Waals surface area contributed by atoms with Gasteiger partial charge in [-0.15, -0.1) is 0 Å². The number of hydrogen-bond acceptors (Lipinski definition) is 1. The Morgan fingerprint density at radius 3 is 2.56 bits per heavy atom. The molecular formula is C30H37OP. The predicted octanol–water partition coefficient (Wildman–Crippen LogP) is 7.87. The van der Waals surface area contributed by atoms with E-state index in [9.17, 15) is 0 Å². The van der Waals surface area contributed by atoms with Gasteiger partial charge in [-0.3, -0.25) is 0 Å². The Labute approximate surface area is 195 Å². The second-order valence-electron chi connectivity index (χ2n) is 12.3. The Morgan fingerprint density at radius 1 is 0.938 bits per heavy atom. The summed E-state index contributed by atoms with van der Waals surface area (Å²) in [7, 11) is -0.590. The van der Waals surface area contributed by atoms with Crippen LogP contribution in [0.25, 0.3) is 11.1 Å². The number of benzene rings is 2. The third kappa shape index (κ3) is 2.61. The van der Waals surface area contributed by atoms with Gasteiger partial charge in [-0.1, -0.05) is 40.0 Å². The van der Waals surface area contributed by atoms with Crippen LogP contribution < -0.4 is 9.83 Å². The standard InChI is InChI=1S/C30H37OP/c1-18-12-21-14-27-24(15-25(21)30(17-18)9-6-5-7-10-30)23-13-20-8-11-29(3)19(2)28(29)22(20)16-26(23)31-32(27)4/h13-16,18-19,28H,5-12,17H2,1-4H3. The maximum Gasteiger partial charge on any atom is 0.131 e. The van der Waals surface area contributed by atoms with Crippen molar-refractivity contribution in [1.82, 2.24) is 0 Å². The van der Waals surface area contributed by atoms with Crippen molar-refractivity contribution in [2.45, 2.75) is 89.9 Å². The minimum Gasteiger partial charge on any atom is -0.469 e. The van der Waals surface area contributed by atoms with Crippen molar-refractivity contribution in [3.8, 4) is 16.9 Å². The lowest BCUT2D eigenvalue weighted by molar-refractivity contribution is 0.221. The zero-order valence-electron chi connectivity index (χ0n) is 20.3. The van der Waals surface area contributed by atoms with Gasteiger partial charge in [-0.2, -0.15) is 0 Å². The maximum atomic E-state index is 6.68. The first-order valence-electron chi connectivity index (χ1n) is 13.2. The van der Waals surface area contributed by atoms with Gasteiger partial charge in [0.05, 0.1) is 0 Å². The van der Waals surface area contributed by atoms with E-state index >= 15 is 0 Å². The first-order valence-corrected chi connectivity index (χ1v) is 14.9. The van der Waals surface area contributed by atoms with Crippen molar-refractivity contribution in [2.75, 3.05) is 6.66 Å². The average molecular weight is 445 g/mol. The molecule has 0 N–H and O–H groups in total. The molecule has 168 valence electrons. The Balaban J connectivity index is 1.40. The maximum absolute atomic E-state index is 6.68. The molecule has 5 aliphatic rings. The molecule has 1 heterocycles. The minimum atomic E-state index is -0.590. The lowest BCUT2D eigenvalue weighted by atomic mass is 9.60. The van der Waals surface area contributed by atoms with Gasteiger partial charge >= 0.3 is 0 Å². The molecule has 0 aromatic heterocycles. The van der Waals surface area contributed by atoms with Gasteiger partial charge in [0, 0.05) is 10.9 Å². The fraction of sp³-hybridized carbons (Fsp3) is 0.600. The first-order chi connectivity index (χ1) is 15.4. The highest BCUT2D eigenvalue weighted by Gasteiger charge is 2.60. The summed E-state index contributed by atoms with van der Waals surface area (Å²) < 4.78 is 6.68. The molecule has 0 amide bonds. The van der Waals surface area contributed by atoms with E-state index in [0.717, 1.165) is 17.8 Å². The quantitative estimate of drug-likeness (QED) is 0.376. The Kier molecular flexibility index (Phi) is 4.16. The van der Waals surface area contributed by atoms with Gasteiger partial charge in [-0.05, 0) is 126 Å². The van der Waals surface area contributed by atoms with Crippen molar-refractivity contribution < 1.29 is 4.52 Å². The van der Waals surface area contributed by atoms with E-state index in [4.69, 9.17) is 4.52 Å². The van der Waals surface area contributed by atoms with Crippen LogP contribution in [0.1, 0.15) is 93.9 Å². The zero-order valence-corrected chi connectivity index (χ0v) is 21.2. The van der Waals surface area contributed by atoms with Crippen molar-refractivity contribution in [3.05, 3.63) is 46.5 Å². The second-order valence-corrected chi connectivity index (χ2v) is 13.9. The molecule has 2 heteroatoms. The summed E-state index contributed by atoms with van der Waals surface area (Å²) in [6.45, 7) is 9.77. The van der Waals surface area contributed by atoms with Crippen LogP contribution in [0, 0.1) is 17.3 Å². The van der Waals surface area contributed by atoms with Gasteiger partial charge in [-0.25, -0.2) is 0 Å². The van der Waals surface area contributed by atoms with E-state index in [0.29, 0.717) is 10.8 Å².